The first-order chi connectivity index (χ1) is 8.34. The molecule has 3 heteroatoms. The lowest BCUT2D eigenvalue weighted by Gasteiger charge is -2.11. The van der Waals surface area contributed by atoms with Gasteiger partial charge in [-0.3, -0.25) is 0 Å². The molecule has 0 atom stereocenters. The van der Waals surface area contributed by atoms with E-state index in [4.69, 9.17) is 16.3 Å². The van der Waals surface area contributed by atoms with Crippen LogP contribution in [-0.4, -0.2) is 19.2 Å². The first-order valence-electron chi connectivity index (χ1n) is 6.40. The zero-order valence-corrected chi connectivity index (χ0v) is 10.9. The molecule has 0 aliphatic heterocycles. The average Bonchev–Trinajstić information content (AvgIpc) is 2.82. The zero-order chi connectivity index (χ0) is 11.9. The third kappa shape index (κ3) is 4.66. The van der Waals surface area contributed by atoms with Gasteiger partial charge in [0, 0.05) is 17.6 Å². The molecule has 0 spiro atoms. The molecule has 0 aromatic heterocycles. The Balaban J connectivity index is 1.56. The van der Waals surface area contributed by atoms with E-state index in [1.807, 2.05) is 24.3 Å². The fourth-order valence-corrected chi connectivity index (χ4v) is 2.49. The predicted octanol–water partition coefficient (Wildman–Crippen LogP) is 3.39. The van der Waals surface area contributed by atoms with Gasteiger partial charge in [-0.15, -0.1) is 0 Å². The van der Waals surface area contributed by atoms with E-state index in [1.54, 1.807) is 0 Å². The number of nitrogens with one attached hydrogen (secondary N) is 1. The summed E-state index contributed by atoms with van der Waals surface area (Å²) in [5.41, 5.74) is 1.14. The minimum Gasteiger partial charge on any atom is -0.375 e. The van der Waals surface area contributed by atoms with E-state index in [9.17, 15) is 0 Å². The number of halogens is 1. The molecule has 1 aliphatic rings. The summed E-state index contributed by atoms with van der Waals surface area (Å²) in [6, 6.07) is 8.55. The molecule has 1 aromatic rings. The summed E-state index contributed by atoms with van der Waals surface area (Å²) in [4.78, 5) is 0. The minimum atomic E-state index is 0.646. The van der Waals surface area contributed by atoms with E-state index in [0.717, 1.165) is 29.8 Å². The molecule has 94 valence electrons. The van der Waals surface area contributed by atoms with Crippen molar-refractivity contribution < 1.29 is 4.74 Å². The van der Waals surface area contributed by atoms with Crippen molar-refractivity contribution >= 4 is 11.6 Å². The Morgan fingerprint density at radius 2 is 2.12 bits per heavy atom. The minimum absolute atomic E-state index is 0.646. The molecule has 2 nitrogen and oxygen atoms in total. The van der Waals surface area contributed by atoms with E-state index >= 15 is 0 Å². The van der Waals surface area contributed by atoms with Crippen LogP contribution in [0.4, 0.5) is 0 Å². The number of ether oxygens (including phenoxy) is 1. The van der Waals surface area contributed by atoms with Crippen molar-refractivity contribution in [2.75, 3.05) is 13.2 Å². The number of hydrogen-bond donors (Lipinski definition) is 1. The van der Waals surface area contributed by atoms with Crippen molar-refractivity contribution in [3.8, 4) is 0 Å². The smallest absolute Gasteiger partial charge is 0.0718 e. The van der Waals surface area contributed by atoms with Crippen LogP contribution in [0.3, 0.4) is 0 Å². The average molecular weight is 254 g/mol. The molecule has 1 fully saturated rings. The Hall–Kier alpha value is -0.570. The maximum absolute atomic E-state index is 5.90. The molecule has 0 unspecified atom stereocenters. The molecule has 1 aliphatic carbocycles. The van der Waals surface area contributed by atoms with Crippen LogP contribution in [0.5, 0.6) is 0 Å². The van der Waals surface area contributed by atoms with Crippen LogP contribution in [0.2, 0.25) is 5.02 Å². The van der Waals surface area contributed by atoms with Crippen molar-refractivity contribution in [3.05, 3.63) is 34.9 Å². The Morgan fingerprint density at radius 1 is 1.29 bits per heavy atom. The monoisotopic (exact) mass is 253 g/mol. The van der Waals surface area contributed by atoms with Crippen LogP contribution in [-0.2, 0) is 11.3 Å². The first-order valence-corrected chi connectivity index (χ1v) is 6.78. The fraction of sp³-hybridized carbons (Fsp3) is 0.571. The molecule has 0 bridgehead atoms. The molecule has 2 rings (SSSR count). The number of hydrogen-bond acceptors (Lipinski definition) is 2. The topological polar surface area (TPSA) is 21.3 Å². The van der Waals surface area contributed by atoms with Crippen molar-refractivity contribution in [2.45, 2.75) is 38.3 Å². The summed E-state index contributed by atoms with van der Waals surface area (Å²) in [6.07, 6.45) is 5.41. The molecule has 0 saturated heterocycles. The summed E-state index contributed by atoms with van der Waals surface area (Å²) < 4.78 is 5.61. The molecular weight excluding hydrogens is 234 g/mol. The van der Waals surface area contributed by atoms with Crippen LogP contribution in [0.1, 0.15) is 31.2 Å². The van der Waals surface area contributed by atoms with Gasteiger partial charge in [-0.25, -0.2) is 0 Å². The van der Waals surface area contributed by atoms with Crippen LogP contribution < -0.4 is 5.32 Å². The zero-order valence-electron chi connectivity index (χ0n) is 10.1. The normalized spacial score (nSPS) is 16.5. The van der Waals surface area contributed by atoms with Crippen LogP contribution >= 0.6 is 11.6 Å². The van der Waals surface area contributed by atoms with Crippen molar-refractivity contribution in [3.63, 3.8) is 0 Å². The lowest BCUT2D eigenvalue weighted by molar-refractivity contribution is 0.121. The summed E-state index contributed by atoms with van der Waals surface area (Å²) in [5, 5.41) is 4.30. The van der Waals surface area contributed by atoms with Gasteiger partial charge in [0.2, 0.25) is 0 Å². The molecule has 0 radical (unpaired) electrons. The van der Waals surface area contributed by atoms with Crippen LogP contribution in [0, 0.1) is 0 Å². The third-order valence-corrected chi connectivity index (χ3v) is 3.43. The van der Waals surface area contributed by atoms with E-state index in [1.165, 1.54) is 25.7 Å². The lowest BCUT2D eigenvalue weighted by atomic mass is 10.2. The van der Waals surface area contributed by atoms with Gasteiger partial charge in [0.25, 0.3) is 0 Å². The van der Waals surface area contributed by atoms with Gasteiger partial charge in [-0.1, -0.05) is 36.6 Å². The van der Waals surface area contributed by atoms with Crippen LogP contribution in [0.15, 0.2) is 24.3 Å². The number of rotatable bonds is 6. The second kappa shape index (κ2) is 7.00. The molecular formula is C14H20ClNO. The van der Waals surface area contributed by atoms with Crippen LogP contribution in [0.25, 0.3) is 0 Å². The quantitative estimate of drug-likeness (QED) is 0.785. The fourth-order valence-electron chi connectivity index (χ4n) is 2.28. The standard InChI is InChI=1S/C14H20ClNO/c15-13-5-3-4-12(10-13)11-17-9-8-16-14-6-1-2-7-14/h3-5,10,14,16H,1-2,6-9,11H2. The van der Waals surface area contributed by atoms with E-state index in [0.29, 0.717) is 6.61 Å². The maximum atomic E-state index is 5.90. The Bertz CT molecular complexity index is 337. The molecule has 1 aromatic carbocycles. The van der Waals surface area contributed by atoms with Gasteiger partial charge in [0.15, 0.2) is 0 Å². The molecule has 17 heavy (non-hydrogen) atoms. The SMILES string of the molecule is Clc1cccc(COCCNC2CCCC2)c1. The highest BCUT2D eigenvalue weighted by Gasteiger charge is 2.13. The molecule has 1 saturated carbocycles. The van der Waals surface area contributed by atoms with Gasteiger partial charge >= 0.3 is 0 Å². The summed E-state index contributed by atoms with van der Waals surface area (Å²) in [7, 11) is 0. The Labute approximate surface area is 108 Å². The highest BCUT2D eigenvalue weighted by atomic mass is 35.5. The second-order valence-corrected chi connectivity index (χ2v) is 5.05. The maximum Gasteiger partial charge on any atom is 0.0718 e. The van der Waals surface area contributed by atoms with E-state index in [2.05, 4.69) is 5.32 Å². The summed E-state index contributed by atoms with van der Waals surface area (Å²) >= 11 is 5.90. The van der Waals surface area contributed by atoms with Crippen molar-refractivity contribution in [1.29, 1.82) is 0 Å². The summed E-state index contributed by atoms with van der Waals surface area (Å²) in [5.74, 6) is 0. The highest BCUT2D eigenvalue weighted by molar-refractivity contribution is 6.30. The van der Waals surface area contributed by atoms with Crippen molar-refractivity contribution in [2.24, 2.45) is 0 Å². The lowest BCUT2D eigenvalue weighted by Crippen LogP contribution is -2.29. The summed E-state index contributed by atoms with van der Waals surface area (Å²) in [6.45, 7) is 2.36. The van der Waals surface area contributed by atoms with Gasteiger partial charge in [-0.05, 0) is 30.5 Å². The number of benzene rings is 1. The van der Waals surface area contributed by atoms with Gasteiger partial charge in [-0.2, -0.15) is 0 Å². The molecule has 1 N–H and O–H groups in total. The Kier molecular flexibility index (Phi) is 5.30. The predicted molar refractivity (Wildman–Crippen MR) is 71.4 cm³/mol. The molecule has 0 heterocycles. The van der Waals surface area contributed by atoms with Gasteiger partial charge in [0.1, 0.15) is 0 Å². The molecule has 0 amide bonds. The van der Waals surface area contributed by atoms with Crippen molar-refractivity contribution in [1.82, 2.24) is 5.32 Å². The Morgan fingerprint density at radius 3 is 2.88 bits per heavy atom. The van der Waals surface area contributed by atoms with E-state index in [-0.39, 0.29) is 0 Å². The highest BCUT2D eigenvalue weighted by Crippen LogP contribution is 2.17. The largest absolute Gasteiger partial charge is 0.375 e. The van der Waals surface area contributed by atoms with Gasteiger partial charge < -0.3 is 10.1 Å². The van der Waals surface area contributed by atoms with E-state index < -0.39 is 0 Å². The second-order valence-electron chi connectivity index (χ2n) is 4.62. The first kappa shape index (κ1) is 12.9. The van der Waals surface area contributed by atoms with Gasteiger partial charge in [0.05, 0.1) is 13.2 Å². The third-order valence-electron chi connectivity index (χ3n) is 3.19.